The Bertz CT molecular complexity index is 1340. The lowest BCUT2D eigenvalue weighted by atomic mass is 10.1. The molecule has 2 aliphatic rings. The van der Waals surface area contributed by atoms with Gasteiger partial charge in [0.1, 0.15) is 11.6 Å². The zero-order chi connectivity index (χ0) is 24.5. The van der Waals surface area contributed by atoms with Gasteiger partial charge in [-0.1, -0.05) is 0 Å². The van der Waals surface area contributed by atoms with Gasteiger partial charge in [0, 0.05) is 31.7 Å². The number of nitrogens with zero attached hydrogens (tertiary/aromatic N) is 7. The van der Waals surface area contributed by atoms with Gasteiger partial charge in [-0.25, -0.2) is 0 Å². The average molecular weight is 480 g/mol. The second-order valence-corrected chi connectivity index (χ2v) is 8.43. The Hall–Kier alpha value is -4.23. The molecule has 0 radical (unpaired) electrons. The third kappa shape index (κ3) is 4.58. The molecule has 1 atom stereocenters. The van der Waals surface area contributed by atoms with Gasteiger partial charge in [-0.3, -0.25) is 0 Å². The second-order valence-electron chi connectivity index (χ2n) is 8.43. The van der Waals surface area contributed by atoms with Gasteiger partial charge >= 0.3 is 6.61 Å². The first-order chi connectivity index (χ1) is 17.0. The fourth-order valence-corrected chi connectivity index (χ4v) is 4.03. The lowest BCUT2D eigenvalue weighted by molar-refractivity contribution is -0.0490. The van der Waals surface area contributed by atoms with Crippen LogP contribution in [0.5, 0.6) is 5.75 Å². The molecule has 35 heavy (non-hydrogen) atoms. The molecule has 1 aliphatic carbocycles. The summed E-state index contributed by atoms with van der Waals surface area (Å²) in [5.41, 5.74) is 1.25. The van der Waals surface area contributed by atoms with Crippen molar-refractivity contribution in [1.29, 1.82) is 10.5 Å². The number of hydrogen-bond donors (Lipinski definition) is 3. The summed E-state index contributed by atoms with van der Waals surface area (Å²) < 4.78 is 33.4. The minimum atomic E-state index is -3.09. The first-order valence-electron chi connectivity index (χ1n) is 11.2. The molecule has 0 spiro atoms. The molecule has 5 rings (SSSR count). The molecule has 13 heteroatoms. The van der Waals surface area contributed by atoms with Crippen LogP contribution in [-0.2, 0) is 0 Å². The largest absolute Gasteiger partial charge is 0.430 e. The van der Waals surface area contributed by atoms with Gasteiger partial charge in [0.05, 0.1) is 29.2 Å². The first kappa shape index (κ1) is 22.6. The maximum atomic E-state index is 13.5. The van der Waals surface area contributed by atoms with E-state index in [1.54, 1.807) is 6.07 Å². The van der Waals surface area contributed by atoms with Gasteiger partial charge in [0.15, 0.2) is 11.4 Å². The zero-order valence-electron chi connectivity index (χ0n) is 18.8. The highest BCUT2D eigenvalue weighted by atomic mass is 19.3. The van der Waals surface area contributed by atoms with Crippen LogP contribution in [0.25, 0.3) is 5.65 Å². The monoisotopic (exact) mass is 480 g/mol. The third-order valence-corrected chi connectivity index (χ3v) is 5.86. The minimum absolute atomic E-state index is 0.0162. The van der Waals surface area contributed by atoms with Crippen molar-refractivity contribution in [2.75, 3.05) is 35.2 Å². The van der Waals surface area contributed by atoms with Gasteiger partial charge in [0.2, 0.25) is 11.9 Å². The number of halogens is 2. The maximum Gasteiger partial charge on any atom is 0.387 e. The number of ether oxygens (including phenoxy) is 1. The van der Waals surface area contributed by atoms with Crippen molar-refractivity contribution in [3.8, 4) is 17.9 Å². The molecule has 1 saturated carbocycles. The molecule has 0 bridgehead atoms. The van der Waals surface area contributed by atoms with E-state index in [9.17, 15) is 19.3 Å². The summed E-state index contributed by atoms with van der Waals surface area (Å²) in [5.74, 6) is 0.304. The van der Waals surface area contributed by atoms with Crippen molar-refractivity contribution in [3.05, 3.63) is 29.5 Å². The molecule has 2 fully saturated rings. The number of nitriles is 2. The molecule has 3 N–H and O–H groups in total. The van der Waals surface area contributed by atoms with Crippen LogP contribution in [0.4, 0.5) is 32.1 Å². The number of benzene rings is 1. The van der Waals surface area contributed by atoms with Crippen molar-refractivity contribution in [2.45, 2.75) is 38.5 Å². The Balaban J connectivity index is 1.62. The van der Waals surface area contributed by atoms with E-state index in [1.807, 2.05) is 17.9 Å². The summed E-state index contributed by atoms with van der Waals surface area (Å²) in [4.78, 5) is 10.8. The van der Waals surface area contributed by atoms with E-state index in [4.69, 9.17) is 4.74 Å². The lowest BCUT2D eigenvalue weighted by Crippen LogP contribution is -2.50. The number of nitrogens with one attached hydrogen (secondary N) is 3. The Morgan fingerprint density at radius 1 is 1.23 bits per heavy atom. The maximum absolute atomic E-state index is 13.5. The van der Waals surface area contributed by atoms with Crippen molar-refractivity contribution in [1.82, 2.24) is 24.9 Å². The Morgan fingerprint density at radius 2 is 2.06 bits per heavy atom. The molecule has 0 amide bonds. The minimum Gasteiger partial charge on any atom is -0.430 e. The molecule has 0 unspecified atom stereocenters. The van der Waals surface area contributed by atoms with Crippen LogP contribution < -0.4 is 25.6 Å². The van der Waals surface area contributed by atoms with Crippen LogP contribution in [0.3, 0.4) is 0 Å². The van der Waals surface area contributed by atoms with Crippen molar-refractivity contribution in [3.63, 3.8) is 0 Å². The van der Waals surface area contributed by atoms with Gasteiger partial charge in [-0.15, -0.1) is 0 Å². The van der Waals surface area contributed by atoms with Gasteiger partial charge in [-0.05, 0) is 31.9 Å². The highest BCUT2D eigenvalue weighted by Crippen LogP contribution is 2.41. The fraction of sp³-hybridized carbons (Fsp3) is 0.409. The smallest absolute Gasteiger partial charge is 0.387 e. The van der Waals surface area contributed by atoms with Crippen LogP contribution in [-0.4, -0.2) is 57.9 Å². The number of fused-ring (bicyclic) bond motifs is 1. The van der Waals surface area contributed by atoms with E-state index in [-0.39, 0.29) is 46.2 Å². The number of rotatable bonds is 7. The molecule has 1 aliphatic heterocycles. The van der Waals surface area contributed by atoms with Crippen LogP contribution in [0.1, 0.15) is 30.9 Å². The van der Waals surface area contributed by atoms with Crippen molar-refractivity contribution < 1.29 is 13.5 Å². The summed E-state index contributed by atoms with van der Waals surface area (Å²) in [5, 5.41) is 32.7. The van der Waals surface area contributed by atoms with Gasteiger partial charge in [0.25, 0.3) is 0 Å². The van der Waals surface area contributed by atoms with E-state index in [0.717, 1.165) is 12.8 Å². The summed E-state index contributed by atoms with van der Waals surface area (Å²) in [6.45, 7) is 0.735. The Morgan fingerprint density at radius 3 is 2.74 bits per heavy atom. The molecular formula is C22H22F2N10O. The van der Waals surface area contributed by atoms with Gasteiger partial charge in [-0.2, -0.15) is 38.9 Å². The molecular weight excluding hydrogens is 458 g/mol. The predicted molar refractivity (Wildman–Crippen MR) is 123 cm³/mol. The van der Waals surface area contributed by atoms with E-state index < -0.39 is 6.61 Å². The highest BCUT2D eigenvalue weighted by molar-refractivity contribution is 5.78. The highest BCUT2D eigenvalue weighted by Gasteiger charge is 2.27. The normalized spacial score (nSPS) is 17.8. The fourth-order valence-electron chi connectivity index (χ4n) is 4.03. The predicted octanol–water partition coefficient (Wildman–Crippen LogP) is 2.59. The van der Waals surface area contributed by atoms with Crippen LogP contribution in [0, 0.1) is 22.7 Å². The summed E-state index contributed by atoms with van der Waals surface area (Å²) in [7, 11) is 0. The molecule has 11 nitrogen and oxygen atoms in total. The number of hydrogen-bond acceptors (Lipinski definition) is 10. The zero-order valence-corrected chi connectivity index (χ0v) is 18.8. The van der Waals surface area contributed by atoms with Crippen LogP contribution in [0.2, 0.25) is 0 Å². The molecule has 2 aromatic heterocycles. The molecule has 1 saturated heterocycles. The lowest BCUT2D eigenvalue weighted by Gasteiger charge is -2.37. The van der Waals surface area contributed by atoms with E-state index in [2.05, 4.69) is 37.1 Å². The average Bonchev–Trinajstić information content (AvgIpc) is 3.56. The first-order valence-corrected chi connectivity index (χ1v) is 11.2. The summed E-state index contributed by atoms with van der Waals surface area (Å²) in [6, 6.07) is 7.29. The van der Waals surface area contributed by atoms with Crippen LogP contribution >= 0.6 is 0 Å². The SMILES string of the molecule is C[C@H]1CNCCN1c1cc(C#N)cc(Nc2nc(NC3CC3)n3ncc(C#N)c3n2)c1OC(F)F. The van der Waals surface area contributed by atoms with Gasteiger partial charge < -0.3 is 25.6 Å². The number of aromatic nitrogens is 4. The topological polar surface area (TPSA) is 139 Å². The second kappa shape index (κ2) is 9.19. The quantitative estimate of drug-likeness (QED) is 0.462. The standard InChI is InChI=1S/C22H22F2N10O/c1-12-10-27-4-5-33(12)17-7-13(8-25)6-16(18(17)35-20(23)24)30-21-31-19-14(9-26)11-28-34(19)22(32-21)29-15-2-3-15/h6-7,11-12,15,20,27H,2-5,10H2,1H3,(H2,29,30,31,32)/t12-/m0/s1. The Kier molecular flexibility index (Phi) is 5.93. The van der Waals surface area contributed by atoms with Crippen molar-refractivity contribution in [2.24, 2.45) is 0 Å². The summed E-state index contributed by atoms with van der Waals surface area (Å²) in [6.07, 6.45) is 3.34. The van der Waals surface area contributed by atoms with E-state index in [0.29, 0.717) is 31.3 Å². The van der Waals surface area contributed by atoms with E-state index >= 15 is 0 Å². The number of alkyl halides is 2. The Labute approximate surface area is 199 Å². The molecule has 1 aromatic carbocycles. The number of piperazine rings is 1. The number of anilines is 4. The van der Waals surface area contributed by atoms with E-state index in [1.165, 1.54) is 16.8 Å². The van der Waals surface area contributed by atoms with Crippen molar-refractivity contribution >= 4 is 28.9 Å². The summed E-state index contributed by atoms with van der Waals surface area (Å²) >= 11 is 0. The van der Waals surface area contributed by atoms with Crippen LogP contribution in [0.15, 0.2) is 18.3 Å². The molecule has 3 heterocycles. The molecule has 3 aromatic rings. The third-order valence-electron chi connectivity index (χ3n) is 5.86. The molecule has 180 valence electrons.